The van der Waals surface area contributed by atoms with Crippen molar-refractivity contribution in [2.75, 3.05) is 5.75 Å². The van der Waals surface area contributed by atoms with Gasteiger partial charge in [0.05, 0.1) is 12.1 Å². The van der Waals surface area contributed by atoms with Crippen molar-refractivity contribution in [2.24, 2.45) is 0 Å². The Kier molecular flexibility index (Phi) is 4.90. The van der Waals surface area contributed by atoms with E-state index in [1.807, 2.05) is 18.2 Å². The van der Waals surface area contributed by atoms with Crippen LogP contribution in [0.5, 0.6) is 0 Å². The molecule has 0 spiro atoms. The van der Waals surface area contributed by atoms with Crippen LogP contribution in [0.2, 0.25) is 0 Å². The van der Waals surface area contributed by atoms with Gasteiger partial charge in [0.2, 0.25) is 0 Å². The Balaban J connectivity index is 1.74. The average molecular weight is 311 g/mol. The molecule has 0 radical (unpaired) electrons. The van der Waals surface area contributed by atoms with Crippen LogP contribution in [0.1, 0.15) is 19.3 Å². The van der Waals surface area contributed by atoms with Gasteiger partial charge in [-0.15, -0.1) is 11.8 Å². The molecule has 1 saturated carbocycles. The molecule has 1 atom stereocenters. The molecule has 2 rings (SSSR count). The summed E-state index contributed by atoms with van der Waals surface area (Å²) in [7, 11) is 0. The molecule has 0 heterocycles. The van der Waals surface area contributed by atoms with Crippen LogP contribution >= 0.6 is 27.7 Å². The van der Waals surface area contributed by atoms with E-state index >= 15 is 0 Å². The third-order valence-electron chi connectivity index (χ3n) is 2.67. The monoisotopic (exact) mass is 310 g/mol. The standard InChI is InChI=1S/C13H15BrN2S/c14-12-3-1-2-4-13(12)17-8-7-11(9-15)16-10-5-6-10/h1-4,10-11,16H,5-8H2. The van der Waals surface area contributed by atoms with Crippen molar-refractivity contribution in [2.45, 2.75) is 36.2 Å². The highest BCUT2D eigenvalue weighted by atomic mass is 79.9. The summed E-state index contributed by atoms with van der Waals surface area (Å²) in [5.41, 5.74) is 0. The summed E-state index contributed by atoms with van der Waals surface area (Å²) >= 11 is 5.33. The minimum absolute atomic E-state index is 0.0116. The average Bonchev–Trinajstić information content (AvgIpc) is 3.14. The fraction of sp³-hybridized carbons (Fsp3) is 0.462. The van der Waals surface area contributed by atoms with E-state index in [1.54, 1.807) is 11.8 Å². The fourth-order valence-electron chi connectivity index (χ4n) is 1.57. The molecule has 0 aliphatic heterocycles. The quantitative estimate of drug-likeness (QED) is 0.816. The van der Waals surface area contributed by atoms with Gasteiger partial charge in [0.15, 0.2) is 0 Å². The summed E-state index contributed by atoms with van der Waals surface area (Å²) in [5.74, 6) is 0.973. The zero-order valence-corrected chi connectivity index (χ0v) is 11.9. The summed E-state index contributed by atoms with van der Waals surface area (Å²) in [6.45, 7) is 0. The van der Waals surface area contributed by atoms with Gasteiger partial charge in [0.1, 0.15) is 0 Å². The van der Waals surface area contributed by atoms with E-state index in [1.165, 1.54) is 17.7 Å². The topological polar surface area (TPSA) is 35.8 Å². The van der Waals surface area contributed by atoms with Gasteiger partial charge in [-0.3, -0.25) is 5.32 Å². The second kappa shape index (κ2) is 6.44. The lowest BCUT2D eigenvalue weighted by molar-refractivity contribution is 0.587. The molecule has 0 bridgehead atoms. The van der Waals surface area contributed by atoms with Crippen LogP contribution < -0.4 is 5.32 Å². The largest absolute Gasteiger partial charge is 0.299 e. The molecule has 1 N–H and O–H groups in total. The number of nitriles is 1. The number of nitrogens with zero attached hydrogens (tertiary/aromatic N) is 1. The van der Waals surface area contributed by atoms with Gasteiger partial charge >= 0.3 is 0 Å². The number of hydrogen-bond donors (Lipinski definition) is 1. The van der Waals surface area contributed by atoms with Crippen LogP contribution in [0.15, 0.2) is 33.6 Å². The van der Waals surface area contributed by atoms with Gasteiger partial charge in [-0.05, 0) is 47.3 Å². The van der Waals surface area contributed by atoms with E-state index in [-0.39, 0.29) is 6.04 Å². The highest BCUT2D eigenvalue weighted by molar-refractivity contribution is 9.10. The van der Waals surface area contributed by atoms with E-state index in [4.69, 9.17) is 5.26 Å². The van der Waals surface area contributed by atoms with Gasteiger partial charge in [0.25, 0.3) is 0 Å². The van der Waals surface area contributed by atoms with Crippen molar-refractivity contribution in [3.8, 4) is 6.07 Å². The highest BCUT2D eigenvalue weighted by Crippen LogP contribution is 2.28. The lowest BCUT2D eigenvalue weighted by Crippen LogP contribution is -2.29. The van der Waals surface area contributed by atoms with Crippen molar-refractivity contribution in [3.63, 3.8) is 0 Å². The van der Waals surface area contributed by atoms with Crippen LogP contribution in [0.3, 0.4) is 0 Å². The number of thioether (sulfide) groups is 1. The summed E-state index contributed by atoms with van der Waals surface area (Å²) in [6, 6.07) is 11.2. The number of hydrogen-bond acceptors (Lipinski definition) is 3. The van der Waals surface area contributed by atoms with Gasteiger partial charge < -0.3 is 0 Å². The number of benzene rings is 1. The summed E-state index contributed by atoms with van der Waals surface area (Å²) in [6.07, 6.45) is 3.37. The molecule has 1 aromatic rings. The molecule has 2 nitrogen and oxygen atoms in total. The lowest BCUT2D eigenvalue weighted by atomic mass is 10.2. The maximum atomic E-state index is 9.02. The maximum Gasteiger partial charge on any atom is 0.0963 e. The zero-order valence-electron chi connectivity index (χ0n) is 9.53. The smallest absolute Gasteiger partial charge is 0.0963 e. The predicted octanol–water partition coefficient (Wildman–Crippen LogP) is 3.58. The third-order valence-corrected chi connectivity index (χ3v) is 4.73. The van der Waals surface area contributed by atoms with E-state index < -0.39 is 0 Å². The predicted molar refractivity (Wildman–Crippen MR) is 75.0 cm³/mol. The lowest BCUT2D eigenvalue weighted by Gasteiger charge is -2.10. The Morgan fingerprint density at radius 3 is 2.88 bits per heavy atom. The van der Waals surface area contributed by atoms with Crippen LogP contribution in [0.25, 0.3) is 0 Å². The minimum atomic E-state index is 0.0116. The van der Waals surface area contributed by atoms with Crippen LogP contribution in [-0.2, 0) is 0 Å². The first-order valence-corrected chi connectivity index (χ1v) is 7.60. The van der Waals surface area contributed by atoms with Gasteiger partial charge in [0, 0.05) is 21.2 Å². The SMILES string of the molecule is N#CC(CCSc1ccccc1Br)NC1CC1. The van der Waals surface area contributed by atoms with Crippen molar-refractivity contribution >= 4 is 27.7 Å². The number of halogens is 1. The van der Waals surface area contributed by atoms with Crippen molar-refractivity contribution in [3.05, 3.63) is 28.7 Å². The van der Waals surface area contributed by atoms with E-state index in [9.17, 15) is 0 Å². The zero-order chi connectivity index (χ0) is 12.1. The molecule has 0 aromatic heterocycles. The van der Waals surface area contributed by atoms with E-state index in [2.05, 4.69) is 33.4 Å². The molecule has 1 fully saturated rings. The molecule has 0 amide bonds. The number of nitrogens with one attached hydrogen (secondary N) is 1. The molecule has 1 aliphatic rings. The van der Waals surface area contributed by atoms with Crippen molar-refractivity contribution in [1.29, 1.82) is 5.26 Å². The normalized spacial score (nSPS) is 16.5. The molecular weight excluding hydrogens is 296 g/mol. The summed E-state index contributed by atoms with van der Waals surface area (Å²) < 4.78 is 1.13. The second-order valence-corrected chi connectivity index (χ2v) is 6.18. The Hall–Kier alpha value is -0.500. The van der Waals surface area contributed by atoms with E-state index in [0.29, 0.717) is 6.04 Å². The minimum Gasteiger partial charge on any atom is -0.299 e. The highest BCUT2D eigenvalue weighted by Gasteiger charge is 2.24. The molecule has 17 heavy (non-hydrogen) atoms. The second-order valence-electron chi connectivity index (χ2n) is 4.19. The molecule has 1 unspecified atom stereocenters. The van der Waals surface area contributed by atoms with Gasteiger partial charge in [-0.1, -0.05) is 12.1 Å². The molecule has 90 valence electrons. The van der Waals surface area contributed by atoms with Crippen LogP contribution in [0, 0.1) is 11.3 Å². The molecular formula is C13H15BrN2S. The third kappa shape index (κ3) is 4.34. The van der Waals surface area contributed by atoms with E-state index in [0.717, 1.165) is 16.6 Å². The van der Waals surface area contributed by atoms with Crippen LogP contribution in [0.4, 0.5) is 0 Å². The summed E-state index contributed by atoms with van der Waals surface area (Å²) in [4.78, 5) is 1.25. The Morgan fingerprint density at radius 1 is 1.47 bits per heavy atom. The Morgan fingerprint density at radius 2 is 2.24 bits per heavy atom. The van der Waals surface area contributed by atoms with Crippen molar-refractivity contribution in [1.82, 2.24) is 5.32 Å². The first-order chi connectivity index (χ1) is 8.29. The first kappa shape index (κ1) is 12.9. The number of rotatable bonds is 6. The van der Waals surface area contributed by atoms with Gasteiger partial charge in [-0.2, -0.15) is 5.26 Å². The fourth-order valence-corrected chi connectivity index (χ4v) is 3.15. The Labute approximate surface area is 115 Å². The molecule has 4 heteroatoms. The molecule has 0 saturated heterocycles. The maximum absolute atomic E-state index is 9.02. The summed E-state index contributed by atoms with van der Waals surface area (Å²) in [5, 5.41) is 12.4. The molecule has 1 aromatic carbocycles. The van der Waals surface area contributed by atoms with Crippen molar-refractivity contribution < 1.29 is 0 Å². The van der Waals surface area contributed by atoms with Gasteiger partial charge in [-0.25, -0.2) is 0 Å². The first-order valence-electron chi connectivity index (χ1n) is 5.82. The Bertz CT molecular complexity index is 412. The molecule has 1 aliphatic carbocycles. The van der Waals surface area contributed by atoms with Crippen LogP contribution in [-0.4, -0.2) is 17.8 Å².